The summed E-state index contributed by atoms with van der Waals surface area (Å²) < 4.78 is 5.57. The number of nitrogens with two attached hydrogens (primary N) is 1. The van der Waals surface area contributed by atoms with E-state index in [4.69, 9.17) is 33.7 Å². The van der Waals surface area contributed by atoms with Crippen molar-refractivity contribution < 1.29 is 9.53 Å². The van der Waals surface area contributed by atoms with Gasteiger partial charge in [-0.3, -0.25) is 9.69 Å². The summed E-state index contributed by atoms with van der Waals surface area (Å²) in [6.07, 6.45) is -0.0405. The minimum atomic E-state index is -0.135. The predicted octanol–water partition coefficient (Wildman–Crippen LogP) is 1.98. The number of benzene rings is 1. The molecule has 0 spiro atoms. The second-order valence-corrected chi connectivity index (χ2v) is 5.94. The molecule has 1 heterocycles. The summed E-state index contributed by atoms with van der Waals surface area (Å²) in [6.45, 7) is 4.11. The van der Waals surface area contributed by atoms with Crippen molar-refractivity contribution in [1.29, 1.82) is 0 Å². The molecule has 2 rings (SSSR count). The Morgan fingerprint density at radius 1 is 1.57 bits per heavy atom. The van der Waals surface area contributed by atoms with Crippen LogP contribution in [0.5, 0.6) is 0 Å². The molecule has 0 radical (unpaired) electrons. The monoisotopic (exact) mass is 331 g/mol. The molecule has 5 nitrogen and oxygen atoms in total. The molecule has 7 heteroatoms. The van der Waals surface area contributed by atoms with Crippen LogP contribution < -0.4 is 11.1 Å². The van der Waals surface area contributed by atoms with Crippen LogP contribution in [0.3, 0.4) is 0 Å². The average molecular weight is 332 g/mol. The predicted molar refractivity (Wildman–Crippen MR) is 84.9 cm³/mol. The van der Waals surface area contributed by atoms with Crippen LogP contribution in [0.2, 0.25) is 10.0 Å². The van der Waals surface area contributed by atoms with Gasteiger partial charge in [-0.2, -0.15) is 0 Å². The van der Waals surface area contributed by atoms with E-state index in [9.17, 15) is 4.79 Å². The highest BCUT2D eigenvalue weighted by Gasteiger charge is 2.24. The lowest BCUT2D eigenvalue weighted by Crippen LogP contribution is -2.51. The minimum absolute atomic E-state index is 0.0405. The quantitative estimate of drug-likeness (QED) is 0.885. The first-order valence-electron chi connectivity index (χ1n) is 6.80. The molecule has 1 aliphatic rings. The number of carbonyl (C=O) groups is 1. The Morgan fingerprint density at radius 2 is 2.33 bits per heavy atom. The molecule has 0 aromatic heterocycles. The Bertz CT molecular complexity index is 511. The Hall–Kier alpha value is -0.850. The highest BCUT2D eigenvalue weighted by atomic mass is 35.5. The maximum atomic E-state index is 12.1. The lowest BCUT2D eigenvalue weighted by Gasteiger charge is -2.34. The number of nitrogens with zero attached hydrogens (tertiary/aromatic N) is 1. The van der Waals surface area contributed by atoms with Gasteiger partial charge in [0.15, 0.2) is 0 Å². The van der Waals surface area contributed by atoms with Gasteiger partial charge in [-0.05, 0) is 19.1 Å². The van der Waals surface area contributed by atoms with E-state index < -0.39 is 0 Å². The average Bonchev–Trinajstić information content (AvgIpc) is 2.44. The molecule has 0 saturated carbocycles. The fourth-order valence-corrected chi connectivity index (χ4v) is 2.53. The molecule has 1 amide bonds. The van der Waals surface area contributed by atoms with E-state index in [1.807, 2.05) is 11.8 Å². The van der Waals surface area contributed by atoms with Gasteiger partial charge in [-0.25, -0.2) is 0 Å². The molecule has 0 bridgehead atoms. The van der Waals surface area contributed by atoms with Crippen LogP contribution in [0.4, 0.5) is 5.69 Å². The van der Waals surface area contributed by atoms with Crippen LogP contribution in [-0.4, -0.2) is 49.2 Å². The number of halogens is 2. The Morgan fingerprint density at radius 3 is 3.05 bits per heavy atom. The van der Waals surface area contributed by atoms with Crippen LogP contribution in [0.15, 0.2) is 18.2 Å². The van der Waals surface area contributed by atoms with Crippen molar-refractivity contribution in [2.75, 3.05) is 31.6 Å². The van der Waals surface area contributed by atoms with Gasteiger partial charge in [-0.15, -0.1) is 0 Å². The summed E-state index contributed by atoms with van der Waals surface area (Å²) in [5, 5.41) is 3.54. The molecular weight excluding hydrogens is 313 g/mol. The van der Waals surface area contributed by atoms with Crippen LogP contribution in [0.1, 0.15) is 6.92 Å². The zero-order valence-electron chi connectivity index (χ0n) is 11.8. The highest BCUT2D eigenvalue weighted by Crippen LogP contribution is 2.29. The van der Waals surface area contributed by atoms with Gasteiger partial charge in [0, 0.05) is 19.1 Å². The Balaban J connectivity index is 1.91. The van der Waals surface area contributed by atoms with Crippen LogP contribution in [0.25, 0.3) is 0 Å². The van der Waals surface area contributed by atoms with Crippen molar-refractivity contribution in [3.63, 3.8) is 0 Å². The number of amides is 1. The molecule has 1 saturated heterocycles. The van der Waals surface area contributed by atoms with Crippen LogP contribution >= 0.6 is 23.2 Å². The molecule has 2 atom stereocenters. The van der Waals surface area contributed by atoms with Crippen LogP contribution in [0, 0.1) is 0 Å². The first kappa shape index (κ1) is 16.5. The van der Waals surface area contributed by atoms with Gasteiger partial charge in [0.05, 0.1) is 35.0 Å². The van der Waals surface area contributed by atoms with Gasteiger partial charge in [0.25, 0.3) is 0 Å². The van der Waals surface area contributed by atoms with Crippen molar-refractivity contribution in [2.45, 2.75) is 19.1 Å². The molecule has 116 valence electrons. The standard InChI is InChI=1S/C14H19Cl2N3O2/c1-9(17)12-7-19(5-6-21-12)8-13(20)18-11-4-2-3-10(15)14(11)16/h2-4,9,12H,5-8,17H2,1H3,(H,18,20). The molecule has 21 heavy (non-hydrogen) atoms. The van der Waals surface area contributed by atoms with Gasteiger partial charge >= 0.3 is 0 Å². The minimum Gasteiger partial charge on any atom is -0.374 e. The third-order valence-electron chi connectivity index (χ3n) is 3.36. The van der Waals surface area contributed by atoms with Gasteiger partial charge in [-0.1, -0.05) is 29.3 Å². The van der Waals surface area contributed by atoms with Gasteiger partial charge in [0.2, 0.25) is 5.91 Å². The molecule has 1 aromatic rings. The largest absolute Gasteiger partial charge is 0.374 e. The molecule has 1 aliphatic heterocycles. The van der Waals surface area contributed by atoms with E-state index >= 15 is 0 Å². The zero-order valence-corrected chi connectivity index (χ0v) is 13.3. The SMILES string of the molecule is CC(N)C1CN(CC(=O)Nc2cccc(Cl)c2Cl)CCO1. The maximum Gasteiger partial charge on any atom is 0.238 e. The Kier molecular flexibility index (Phi) is 5.84. The van der Waals surface area contributed by atoms with Crippen molar-refractivity contribution >= 4 is 34.8 Å². The van der Waals surface area contributed by atoms with E-state index in [-0.39, 0.29) is 24.6 Å². The number of nitrogens with one attached hydrogen (secondary N) is 1. The summed E-state index contributed by atoms with van der Waals surface area (Å²) in [6, 6.07) is 5.08. The molecular formula is C14H19Cl2N3O2. The smallest absolute Gasteiger partial charge is 0.238 e. The van der Waals surface area contributed by atoms with Gasteiger partial charge < -0.3 is 15.8 Å². The second kappa shape index (κ2) is 7.42. The first-order chi connectivity index (χ1) is 9.97. The summed E-state index contributed by atoms with van der Waals surface area (Å²) in [5.74, 6) is -0.135. The number of hydrogen-bond donors (Lipinski definition) is 2. The van der Waals surface area contributed by atoms with E-state index in [2.05, 4.69) is 5.32 Å². The Labute approximate surface area is 134 Å². The zero-order chi connectivity index (χ0) is 15.4. The summed E-state index contributed by atoms with van der Waals surface area (Å²) in [4.78, 5) is 14.1. The van der Waals surface area contributed by atoms with Crippen molar-refractivity contribution in [3.8, 4) is 0 Å². The topological polar surface area (TPSA) is 67.6 Å². The number of hydrogen-bond acceptors (Lipinski definition) is 4. The fourth-order valence-electron chi connectivity index (χ4n) is 2.19. The third kappa shape index (κ3) is 4.56. The molecule has 1 fully saturated rings. The third-order valence-corrected chi connectivity index (χ3v) is 4.18. The number of rotatable bonds is 4. The fraction of sp³-hybridized carbons (Fsp3) is 0.500. The second-order valence-electron chi connectivity index (χ2n) is 5.15. The van der Waals surface area contributed by atoms with Crippen LogP contribution in [-0.2, 0) is 9.53 Å². The normalized spacial score (nSPS) is 21.0. The van der Waals surface area contributed by atoms with E-state index in [0.29, 0.717) is 35.4 Å². The lowest BCUT2D eigenvalue weighted by molar-refractivity contribution is -0.119. The molecule has 0 aliphatic carbocycles. The van der Waals surface area contributed by atoms with Gasteiger partial charge in [0.1, 0.15) is 0 Å². The van der Waals surface area contributed by atoms with E-state index in [1.165, 1.54) is 0 Å². The van der Waals surface area contributed by atoms with Crippen molar-refractivity contribution in [2.24, 2.45) is 5.73 Å². The molecule has 2 unspecified atom stereocenters. The first-order valence-corrected chi connectivity index (χ1v) is 7.56. The molecule has 3 N–H and O–H groups in total. The maximum absolute atomic E-state index is 12.1. The number of ether oxygens (including phenoxy) is 1. The number of morpholine rings is 1. The molecule has 1 aromatic carbocycles. The lowest BCUT2D eigenvalue weighted by atomic mass is 10.1. The number of anilines is 1. The van der Waals surface area contributed by atoms with Crippen molar-refractivity contribution in [1.82, 2.24) is 4.90 Å². The van der Waals surface area contributed by atoms with E-state index in [0.717, 1.165) is 0 Å². The highest BCUT2D eigenvalue weighted by molar-refractivity contribution is 6.43. The number of carbonyl (C=O) groups excluding carboxylic acids is 1. The van der Waals surface area contributed by atoms with E-state index in [1.54, 1.807) is 18.2 Å². The summed E-state index contributed by atoms with van der Waals surface area (Å²) in [5.41, 5.74) is 6.36. The summed E-state index contributed by atoms with van der Waals surface area (Å²) >= 11 is 12.0. The summed E-state index contributed by atoms with van der Waals surface area (Å²) in [7, 11) is 0. The van der Waals surface area contributed by atoms with Crippen molar-refractivity contribution in [3.05, 3.63) is 28.2 Å².